The molecule has 1 saturated carbocycles. The first-order valence-corrected chi connectivity index (χ1v) is 7.72. The van der Waals surface area contributed by atoms with Crippen LogP contribution in [0.15, 0.2) is 0 Å². The van der Waals surface area contributed by atoms with Crippen molar-refractivity contribution in [3.8, 4) is 6.07 Å². The molecule has 1 heterocycles. The molecule has 0 atom stereocenters. The van der Waals surface area contributed by atoms with Crippen LogP contribution in [0.25, 0.3) is 0 Å². The van der Waals surface area contributed by atoms with Gasteiger partial charge in [-0.05, 0) is 12.8 Å². The lowest BCUT2D eigenvalue weighted by molar-refractivity contribution is -0.139. The zero-order valence-corrected chi connectivity index (χ0v) is 11.1. The molecule has 0 N–H and O–H groups in total. The van der Waals surface area contributed by atoms with E-state index in [0.717, 1.165) is 50.3 Å². The van der Waals surface area contributed by atoms with Crippen LogP contribution in [-0.2, 0) is 4.79 Å². The zero-order chi connectivity index (χ0) is 12.1. The van der Waals surface area contributed by atoms with Crippen LogP contribution in [0.1, 0.15) is 38.5 Å². The molecule has 1 aliphatic carbocycles. The summed E-state index contributed by atoms with van der Waals surface area (Å²) in [6.07, 6.45) is 5.95. The van der Waals surface area contributed by atoms with Crippen LogP contribution >= 0.6 is 11.8 Å². The highest BCUT2D eigenvalue weighted by Gasteiger charge is 2.41. The third kappa shape index (κ3) is 2.77. The predicted molar refractivity (Wildman–Crippen MR) is 69.7 cm³/mol. The van der Waals surface area contributed by atoms with Gasteiger partial charge >= 0.3 is 0 Å². The first-order chi connectivity index (χ1) is 8.28. The van der Waals surface area contributed by atoms with Gasteiger partial charge in [0, 0.05) is 24.6 Å². The van der Waals surface area contributed by atoms with Crippen LogP contribution in [0.5, 0.6) is 0 Å². The van der Waals surface area contributed by atoms with Gasteiger partial charge in [0.2, 0.25) is 5.91 Å². The van der Waals surface area contributed by atoms with Crippen molar-refractivity contribution in [2.24, 2.45) is 5.41 Å². The fourth-order valence-electron chi connectivity index (χ4n) is 2.77. The minimum atomic E-state index is -0.696. The van der Waals surface area contributed by atoms with E-state index in [1.165, 1.54) is 12.8 Å². The van der Waals surface area contributed by atoms with E-state index in [0.29, 0.717) is 0 Å². The largest absolute Gasteiger partial charge is 0.340 e. The van der Waals surface area contributed by atoms with Crippen molar-refractivity contribution in [2.75, 3.05) is 24.6 Å². The Morgan fingerprint density at radius 1 is 1.12 bits per heavy atom. The van der Waals surface area contributed by atoms with Crippen molar-refractivity contribution in [1.29, 1.82) is 5.26 Å². The van der Waals surface area contributed by atoms with E-state index in [1.807, 2.05) is 16.7 Å². The number of carbonyl (C=O) groups excluding carboxylic acids is 1. The van der Waals surface area contributed by atoms with Crippen LogP contribution in [0.4, 0.5) is 0 Å². The number of carbonyl (C=O) groups is 1. The molecule has 0 radical (unpaired) electrons. The van der Waals surface area contributed by atoms with Crippen molar-refractivity contribution >= 4 is 17.7 Å². The highest BCUT2D eigenvalue weighted by Crippen LogP contribution is 2.36. The van der Waals surface area contributed by atoms with E-state index in [1.54, 1.807) is 0 Å². The number of amides is 1. The van der Waals surface area contributed by atoms with Crippen molar-refractivity contribution in [1.82, 2.24) is 4.90 Å². The van der Waals surface area contributed by atoms with Crippen molar-refractivity contribution in [3.05, 3.63) is 0 Å². The summed E-state index contributed by atoms with van der Waals surface area (Å²) in [5, 5.41) is 9.46. The Balaban J connectivity index is 2.10. The lowest BCUT2D eigenvalue weighted by Gasteiger charge is -2.34. The highest BCUT2D eigenvalue weighted by atomic mass is 32.2. The molecule has 1 aliphatic heterocycles. The average molecular weight is 252 g/mol. The van der Waals surface area contributed by atoms with Gasteiger partial charge in [-0.2, -0.15) is 17.0 Å². The van der Waals surface area contributed by atoms with E-state index in [2.05, 4.69) is 6.07 Å². The number of hydrogen-bond donors (Lipinski definition) is 0. The van der Waals surface area contributed by atoms with Gasteiger partial charge in [0.1, 0.15) is 5.41 Å². The van der Waals surface area contributed by atoms with Crippen molar-refractivity contribution in [3.63, 3.8) is 0 Å². The van der Waals surface area contributed by atoms with Gasteiger partial charge in [0.05, 0.1) is 6.07 Å². The molecule has 3 nitrogen and oxygen atoms in total. The van der Waals surface area contributed by atoms with Gasteiger partial charge in [-0.15, -0.1) is 0 Å². The summed E-state index contributed by atoms with van der Waals surface area (Å²) in [5.74, 6) is 2.16. The molecule has 0 aromatic carbocycles. The van der Waals surface area contributed by atoms with Crippen LogP contribution in [0.2, 0.25) is 0 Å². The lowest BCUT2D eigenvalue weighted by atomic mass is 9.80. The molecule has 4 heteroatoms. The maximum Gasteiger partial charge on any atom is 0.243 e. The second-order valence-electron chi connectivity index (χ2n) is 5.01. The van der Waals surface area contributed by atoms with Crippen LogP contribution in [0.3, 0.4) is 0 Å². The van der Waals surface area contributed by atoms with E-state index < -0.39 is 5.41 Å². The number of nitriles is 1. The van der Waals surface area contributed by atoms with E-state index in [-0.39, 0.29) is 5.91 Å². The fourth-order valence-corrected chi connectivity index (χ4v) is 3.68. The van der Waals surface area contributed by atoms with E-state index in [9.17, 15) is 10.1 Å². The molecule has 2 aliphatic rings. The number of nitrogens with zero attached hydrogens (tertiary/aromatic N) is 2. The Kier molecular flexibility index (Phi) is 4.33. The molecule has 0 spiro atoms. The summed E-state index contributed by atoms with van der Waals surface area (Å²) >= 11 is 1.90. The second-order valence-corrected chi connectivity index (χ2v) is 6.24. The molecule has 0 aromatic heterocycles. The number of thioether (sulfide) groups is 1. The van der Waals surface area contributed by atoms with Gasteiger partial charge in [-0.1, -0.05) is 25.7 Å². The first-order valence-electron chi connectivity index (χ1n) is 6.57. The van der Waals surface area contributed by atoms with Crippen LogP contribution in [-0.4, -0.2) is 35.4 Å². The molecule has 2 fully saturated rings. The fraction of sp³-hybridized carbons (Fsp3) is 0.846. The zero-order valence-electron chi connectivity index (χ0n) is 10.3. The Labute approximate surface area is 108 Å². The molecule has 2 rings (SSSR count). The lowest BCUT2D eigenvalue weighted by Crippen LogP contribution is -2.46. The third-order valence-corrected chi connectivity index (χ3v) is 4.82. The first kappa shape index (κ1) is 12.8. The smallest absolute Gasteiger partial charge is 0.243 e. The molecule has 0 unspecified atom stereocenters. The van der Waals surface area contributed by atoms with E-state index >= 15 is 0 Å². The van der Waals surface area contributed by atoms with Crippen LogP contribution in [0, 0.1) is 16.7 Å². The van der Waals surface area contributed by atoms with Gasteiger partial charge in [-0.25, -0.2) is 0 Å². The molecule has 94 valence electrons. The van der Waals surface area contributed by atoms with Crippen molar-refractivity contribution in [2.45, 2.75) is 38.5 Å². The molecule has 0 aromatic rings. The summed E-state index contributed by atoms with van der Waals surface area (Å²) < 4.78 is 0. The summed E-state index contributed by atoms with van der Waals surface area (Å²) in [6.45, 7) is 1.65. The average Bonchev–Trinajstić information content (AvgIpc) is 2.65. The molecule has 17 heavy (non-hydrogen) atoms. The quantitative estimate of drug-likeness (QED) is 0.673. The minimum Gasteiger partial charge on any atom is -0.340 e. The third-order valence-electron chi connectivity index (χ3n) is 3.88. The molecule has 0 bridgehead atoms. The maximum absolute atomic E-state index is 12.6. The summed E-state index contributed by atoms with van der Waals surface area (Å²) in [4.78, 5) is 14.5. The molecular weight excluding hydrogens is 232 g/mol. The summed E-state index contributed by atoms with van der Waals surface area (Å²) in [6, 6.07) is 2.36. The van der Waals surface area contributed by atoms with Gasteiger partial charge < -0.3 is 4.90 Å². The topological polar surface area (TPSA) is 44.1 Å². The number of rotatable bonds is 1. The molecule has 1 amide bonds. The Morgan fingerprint density at radius 2 is 1.71 bits per heavy atom. The van der Waals surface area contributed by atoms with Gasteiger partial charge in [0.15, 0.2) is 0 Å². The van der Waals surface area contributed by atoms with E-state index in [4.69, 9.17) is 0 Å². The van der Waals surface area contributed by atoms with Gasteiger partial charge in [0.25, 0.3) is 0 Å². The van der Waals surface area contributed by atoms with Crippen molar-refractivity contribution < 1.29 is 4.79 Å². The van der Waals surface area contributed by atoms with Crippen LogP contribution < -0.4 is 0 Å². The normalized spacial score (nSPS) is 24.8. The summed E-state index contributed by atoms with van der Waals surface area (Å²) in [5.41, 5.74) is -0.696. The van der Waals surface area contributed by atoms with Gasteiger partial charge in [-0.3, -0.25) is 4.79 Å². The SMILES string of the molecule is N#CC1(C(=O)N2CCSCC2)CCCCCC1. The molecule has 1 saturated heterocycles. The Bertz CT molecular complexity index is 310. The second kappa shape index (κ2) is 5.77. The predicted octanol–water partition coefficient (Wildman–Crippen LogP) is 2.43. The molecular formula is C13H20N2OS. The Hall–Kier alpha value is -0.690. The minimum absolute atomic E-state index is 0.113. The number of hydrogen-bond acceptors (Lipinski definition) is 3. The standard InChI is InChI=1S/C13H20N2OS/c14-11-13(5-3-1-2-4-6-13)12(16)15-7-9-17-10-8-15/h1-10H2. The highest BCUT2D eigenvalue weighted by molar-refractivity contribution is 7.99. The maximum atomic E-state index is 12.6. The summed E-state index contributed by atoms with van der Waals surface area (Å²) in [7, 11) is 0. The Morgan fingerprint density at radius 3 is 2.24 bits per heavy atom. The monoisotopic (exact) mass is 252 g/mol.